The van der Waals surface area contributed by atoms with Gasteiger partial charge in [0.25, 0.3) is 5.56 Å². The Morgan fingerprint density at radius 1 is 1.06 bits per heavy atom. The predicted octanol–water partition coefficient (Wildman–Crippen LogP) is 2.05. The predicted molar refractivity (Wildman–Crippen MR) is 117 cm³/mol. The molecule has 2 bridgehead atoms. The first-order valence-electron chi connectivity index (χ1n) is 11.0. The summed E-state index contributed by atoms with van der Waals surface area (Å²) in [6, 6.07) is 11.0. The summed E-state index contributed by atoms with van der Waals surface area (Å²) >= 11 is 0. The molecule has 3 aromatic rings. The molecule has 7 nitrogen and oxygen atoms in total. The summed E-state index contributed by atoms with van der Waals surface area (Å²) in [6.07, 6.45) is 9.08. The van der Waals surface area contributed by atoms with Crippen molar-refractivity contribution in [1.82, 2.24) is 23.8 Å². The zero-order valence-electron chi connectivity index (χ0n) is 17.3. The van der Waals surface area contributed by atoms with Gasteiger partial charge >= 0.3 is 0 Å². The van der Waals surface area contributed by atoms with Gasteiger partial charge in [-0.25, -0.2) is 4.98 Å². The van der Waals surface area contributed by atoms with E-state index in [1.54, 1.807) is 10.6 Å². The van der Waals surface area contributed by atoms with E-state index in [1.165, 1.54) is 0 Å². The number of imidazole rings is 1. The van der Waals surface area contributed by atoms with Gasteiger partial charge in [0, 0.05) is 68.7 Å². The molecule has 1 saturated heterocycles. The maximum absolute atomic E-state index is 13.5. The highest BCUT2D eigenvalue weighted by Crippen LogP contribution is 2.42. The first-order chi connectivity index (χ1) is 15.2. The number of rotatable bonds is 3. The van der Waals surface area contributed by atoms with Crippen LogP contribution in [0, 0.1) is 5.92 Å². The van der Waals surface area contributed by atoms with Crippen LogP contribution in [0.4, 0.5) is 0 Å². The molecule has 3 aromatic heterocycles. The van der Waals surface area contributed by atoms with Crippen molar-refractivity contribution in [2.45, 2.75) is 24.9 Å². The number of fused-ring (bicyclic) bond motifs is 5. The Morgan fingerprint density at radius 3 is 2.77 bits per heavy atom. The molecule has 6 heterocycles. The zero-order chi connectivity index (χ0) is 20.9. The van der Waals surface area contributed by atoms with E-state index in [1.807, 2.05) is 58.0 Å². The lowest BCUT2D eigenvalue weighted by Crippen LogP contribution is -2.53. The first kappa shape index (κ1) is 18.6. The minimum absolute atomic E-state index is 0.0634. The molecule has 0 aromatic carbocycles. The third kappa shape index (κ3) is 3.11. The molecule has 31 heavy (non-hydrogen) atoms. The fourth-order valence-corrected chi connectivity index (χ4v) is 5.61. The fraction of sp³-hybridized carbons (Fsp3) is 0.375. The molecule has 0 N–H and O–H groups in total. The number of likely N-dealkylation sites (tertiary alicyclic amines) is 1. The highest BCUT2D eigenvalue weighted by molar-refractivity contribution is 5.82. The Kier molecular flexibility index (Phi) is 4.31. The normalized spacial score (nSPS) is 25.2. The van der Waals surface area contributed by atoms with Crippen LogP contribution in [0.5, 0.6) is 0 Å². The van der Waals surface area contributed by atoms with E-state index >= 15 is 0 Å². The van der Waals surface area contributed by atoms with Crippen LogP contribution in [0.15, 0.2) is 65.7 Å². The third-order valence-corrected chi connectivity index (χ3v) is 6.91. The summed E-state index contributed by atoms with van der Waals surface area (Å²) in [5.41, 5.74) is 2.91. The molecule has 0 spiro atoms. The van der Waals surface area contributed by atoms with Crippen LogP contribution in [0.1, 0.15) is 29.8 Å². The largest absolute Gasteiger partial charge is 0.333 e. The van der Waals surface area contributed by atoms with Crippen molar-refractivity contribution in [3.8, 4) is 0 Å². The minimum atomic E-state index is -0.427. The quantitative estimate of drug-likeness (QED) is 0.615. The van der Waals surface area contributed by atoms with Gasteiger partial charge in [0.1, 0.15) is 11.7 Å². The Hall–Kier alpha value is -3.19. The summed E-state index contributed by atoms with van der Waals surface area (Å²) in [5.74, 6) is 0.444. The minimum Gasteiger partial charge on any atom is -0.333 e. The number of piperidine rings is 1. The van der Waals surface area contributed by atoms with E-state index in [-0.39, 0.29) is 23.3 Å². The van der Waals surface area contributed by atoms with Crippen molar-refractivity contribution in [1.29, 1.82) is 0 Å². The lowest BCUT2D eigenvalue weighted by atomic mass is 9.78. The Bertz CT molecular complexity index is 1200. The van der Waals surface area contributed by atoms with E-state index in [4.69, 9.17) is 4.98 Å². The first-order valence-corrected chi connectivity index (χ1v) is 11.0. The lowest BCUT2D eigenvalue weighted by Gasteiger charge is -2.46. The number of hydrogen-bond donors (Lipinski definition) is 0. The standard InChI is InChI=1S/C24H25N5O2/c30-22-8-5-6-20-17-12-18(23(29(20)22)24(31)27-9-3-4-10-27)14-26(13-17)15-19-16-28-11-2-1-7-21(28)25-19/h1-8,11,16-18,23H,9-10,12-15H2/t17-,18+,23+/m0/s1. The highest BCUT2D eigenvalue weighted by Gasteiger charge is 2.44. The van der Waals surface area contributed by atoms with Crippen molar-refractivity contribution < 1.29 is 4.79 Å². The molecule has 0 aliphatic carbocycles. The molecule has 1 fully saturated rings. The van der Waals surface area contributed by atoms with Gasteiger partial charge in [0.2, 0.25) is 5.91 Å². The molecular weight excluding hydrogens is 390 g/mol. The number of nitrogens with zero attached hydrogens (tertiary/aromatic N) is 5. The van der Waals surface area contributed by atoms with E-state index < -0.39 is 6.04 Å². The molecular formula is C24H25N5O2. The van der Waals surface area contributed by atoms with Crippen LogP contribution in [0.3, 0.4) is 0 Å². The Labute approximate surface area is 180 Å². The van der Waals surface area contributed by atoms with Crippen molar-refractivity contribution in [2.75, 3.05) is 26.2 Å². The smallest absolute Gasteiger partial charge is 0.251 e. The van der Waals surface area contributed by atoms with Crippen molar-refractivity contribution in [3.05, 3.63) is 82.7 Å². The van der Waals surface area contributed by atoms with Crippen LogP contribution in [-0.2, 0) is 11.3 Å². The number of hydrogen-bond acceptors (Lipinski definition) is 4. The SMILES string of the molecule is O=C([C@H]1[C@@H]2C[C@@H](CN(Cc3cn4ccccc4n3)C2)c2cccc(=O)n21)N1CC=CC1. The average molecular weight is 415 g/mol. The van der Waals surface area contributed by atoms with E-state index in [2.05, 4.69) is 11.1 Å². The number of pyridine rings is 2. The fourth-order valence-electron chi connectivity index (χ4n) is 5.61. The van der Waals surface area contributed by atoms with Gasteiger partial charge in [-0.3, -0.25) is 19.1 Å². The number of amides is 1. The van der Waals surface area contributed by atoms with E-state index in [9.17, 15) is 9.59 Å². The molecule has 0 radical (unpaired) electrons. The van der Waals surface area contributed by atoms with Crippen LogP contribution in [-0.4, -0.2) is 55.8 Å². The molecule has 6 rings (SSSR count). The topological polar surface area (TPSA) is 62.9 Å². The molecule has 158 valence electrons. The van der Waals surface area contributed by atoms with E-state index in [0.717, 1.165) is 43.1 Å². The highest BCUT2D eigenvalue weighted by atomic mass is 16.2. The second-order valence-electron chi connectivity index (χ2n) is 8.90. The van der Waals surface area contributed by atoms with Gasteiger partial charge in [-0.05, 0) is 24.6 Å². The molecule has 3 atom stereocenters. The maximum atomic E-state index is 13.5. The van der Waals surface area contributed by atoms with Gasteiger partial charge in [-0.2, -0.15) is 0 Å². The summed E-state index contributed by atoms with van der Waals surface area (Å²) < 4.78 is 3.84. The molecule has 3 aliphatic heterocycles. The van der Waals surface area contributed by atoms with Gasteiger partial charge in [-0.15, -0.1) is 0 Å². The average Bonchev–Trinajstić information content (AvgIpc) is 3.44. The molecule has 7 heteroatoms. The summed E-state index contributed by atoms with van der Waals surface area (Å²) in [7, 11) is 0. The molecule has 1 amide bonds. The molecule has 3 aliphatic rings. The lowest BCUT2D eigenvalue weighted by molar-refractivity contribution is -0.137. The van der Waals surface area contributed by atoms with Gasteiger partial charge in [-0.1, -0.05) is 24.3 Å². The number of carbonyl (C=O) groups excluding carboxylic acids is 1. The molecule has 0 saturated carbocycles. The second-order valence-corrected chi connectivity index (χ2v) is 8.90. The third-order valence-electron chi connectivity index (χ3n) is 6.91. The van der Waals surface area contributed by atoms with Gasteiger partial charge < -0.3 is 9.30 Å². The van der Waals surface area contributed by atoms with Gasteiger partial charge in [0.05, 0.1) is 5.69 Å². The number of aromatic nitrogens is 3. The van der Waals surface area contributed by atoms with E-state index in [0.29, 0.717) is 13.1 Å². The number of carbonyl (C=O) groups is 1. The maximum Gasteiger partial charge on any atom is 0.251 e. The van der Waals surface area contributed by atoms with Crippen molar-refractivity contribution >= 4 is 11.6 Å². The Balaban J connectivity index is 1.33. The van der Waals surface area contributed by atoms with Crippen molar-refractivity contribution in [3.63, 3.8) is 0 Å². The summed E-state index contributed by atoms with van der Waals surface area (Å²) in [4.78, 5) is 35.4. The van der Waals surface area contributed by atoms with Crippen LogP contribution in [0.25, 0.3) is 5.65 Å². The van der Waals surface area contributed by atoms with Gasteiger partial charge in [0.15, 0.2) is 0 Å². The Morgan fingerprint density at radius 2 is 1.94 bits per heavy atom. The zero-order valence-corrected chi connectivity index (χ0v) is 17.3. The van der Waals surface area contributed by atoms with Crippen LogP contribution >= 0.6 is 0 Å². The monoisotopic (exact) mass is 415 g/mol. The van der Waals surface area contributed by atoms with Crippen molar-refractivity contribution in [2.24, 2.45) is 5.92 Å². The summed E-state index contributed by atoms with van der Waals surface area (Å²) in [6.45, 7) is 3.68. The second kappa shape index (κ2) is 7.20. The summed E-state index contributed by atoms with van der Waals surface area (Å²) in [5, 5.41) is 0. The molecule has 0 unspecified atom stereocenters. The van der Waals surface area contributed by atoms with Crippen LogP contribution in [0.2, 0.25) is 0 Å². The van der Waals surface area contributed by atoms with Crippen LogP contribution < -0.4 is 5.56 Å².